The van der Waals surface area contributed by atoms with Crippen molar-refractivity contribution < 1.29 is 4.79 Å². The number of amides is 1. The van der Waals surface area contributed by atoms with Gasteiger partial charge in [0.25, 0.3) is 5.91 Å². The Morgan fingerprint density at radius 2 is 1.97 bits per heavy atom. The monoisotopic (exact) mass is 384 g/mol. The molecule has 1 unspecified atom stereocenters. The van der Waals surface area contributed by atoms with Gasteiger partial charge < -0.3 is 10.3 Å². The van der Waals surface area contributed by atoms with Crippen LogP contribution in [0.5, 0.6) is 0 Å². The predicted molar refractivity (Wildman–Crippen MR) is 114 cm³/mol. The molecule has 2 aromatic carbocycles. The van der Waals surface area contributed by atoms with Crippen LogP contribution in [0.25, 0.3) is 16.6 Å². The summed E-state index contributed by atoms with van der Waals surface area (Å²) in [6.45, 7) is 4.22. The number of carbonyl (C=O) groups is 1. The number of rotatable bonds is 3. The SMILES string of the molecule is Cc1cc(C)cc(-n2ncc3c2CCCC3NC(=O)c2ccc3cc[nH]c3c2)c1. The van der Waals surface area contributed by atoms with E-state index in [9.17, 15) is 4.79 Å². The van der Waals surface area contributed by atoms with Crippen LogP contribution in [0.4, 0.5) is 0 Å². The summed E-state index contributed by atoms with van der Waals surface area (Å²) in [4.78, 5) is 16.1. The standard InChI is InChI=1S/C24H24N4O/c1-15-10-16(2)12-19(11-15)28-23-5-3-4-21(20(23)14-26-28)27-24(29)18-7-6-17-8-9-25-22(17)13-18/h6-14,21,25H,3-5H2,1-2H3,(H,27,29). The molecule has 5 heteroatoms. The number of nitrogens with one attached hydrogen (secondary N) is 2. The summed E-state index contributed by atoms with van der Waals surface area (Å²) in [6.07, 6.45) is 6.75. The van der Waals surface area contributed by atoms with Crippen molar-refractivity contribution >= 4 is 16.8 Å². The minimum absolute atomic E-state index is 0.00903. The molecule has 0 saturated carbocycles. The molecule has 1 aliphatic rings. The molecule has 0 radical (unpaired) electrons. The number of benzene rings is 2. The third-order valence-electron chi connectivity index (χ3n) is 5.76. The molecule has 1 aliphatic carbocycles. The maximum Gasteiger partial charge on any atom is 0.251 e. The van der Waals surface area contributed by atoms with E-state index in [1.165, 1.54) is 16.8 Å². The predicted octanol–water partition coefficient (Wildman–Crippen LogP) is 4.78. The Hall–Kier alpha value is -3.34. The molecule has 4 aromatic rings. The third-order valence-corrected chi connectivity index (χ3v) is 5.76. The lowest BCUT2D eigenvalue weighted by Crippen LogP contribution is -2.31. The van der Waals surface area contributed by atoms with Crippen LogP contribution in [-0.2, 0) is 6.42 Å². The van der Waals surface area contributed by atoms with E-state index in [1.54, 1.807) is 0 Å². The van der Waals surface area contributed by atoms with Crippen molar-refractivity contribution in [2.45, 2.75) is 39.2 Å². The number of nitrogens with zero attached hydrogens (tertiary/aromatic N) is 2. The Morgan fingerprint density at radius 1 is 1.14 bits per heavy atom. The number of aromatic amines is 1. The van der Waals surface area contributed by atoms with Gasteiger partial charge in [-0.25, -0.2) is 4.68 Å². The normalized spacial score (nSPS) is 16.0. The van der Waals surface area contributed by atoms with Gasteiger partial charge in [0.05, 0.1) is 17.9 Å². The first-order valence-electron chi connectivity index (χ1n) is 10.1. The fraction of sp³-hybridized carbons (Fsp3) is 0.250. The van der Waals surface area contributed by atoms with Crippen molar-refractivity contribution in [3.63, 3.8) is 0 Å². The molecular formula is C24H24N4O. The summed E-state index contributed by atoms with van der Waals surface area (Å²) >= 11 is 0. The highest BCUT2D eigenvalue weighted by Gasteiger charge is 2.26. The topological polar surface area (TPSA) is 62.7 Å². The fourth-order valence-electron chi connectivity index (χ4n) is 4.43. The second kappa shape index (κ2) is 6.92. The molecule has 2 heterocycles. The summed E-state index contributed by atoms with van der Waals surface area (Å²) in [5, 5.41) is 9.01. The number of hydrogen-bond donors (Lipinski definition) is 2. The van der Waals surface area contributed by atoms with Crippen LogP contribution in [0.2, 0.25) is 0 Å². The Labute approximate surface area is 169 Å². The van der Waals surface area contributed by atoms with E-state index in [2.05, 4.69) is 47.4 Å². The summed E-state index contributed by atoms with van der Waals surface area (Å²) in [5.41, 5.74) is 7.52. The quantitative estimate of drug-likeness (QED) is 0.534. The average molecular weight is 384 g/mol. The lowest BCUT2D eigenvalue weighted by molar-refractivity contribution is 0.0933. The average Bonchev–Trinajstić information content (AvgIpc) is 3.34. The van der Waals surface area contributed by atoms with Crippen LogP contribution in [0, 0.1) is 13.8 Å². The van der Waals surface area contributed by atoms with E-state index in [4.69, 9.17) is 0 Å². The van der Waals surface area contributed by atoms with E-state index >= 15 is 0 Å². The van der Waals surface area contributed by atoms with Gasteiger partial charge in [-0.1, -0.05) is 12.1 Å². The molecular weight excluding hydrogens is 360 g/mol. The molecule has 5 rings (SSSR count). The molecule has 0 aliphatic heterocycles. The van der Waals surface area contributed by atoms with Crippen LogP contribution in [0.1, 0.15) is 51.6 Å². The van der Waals surface area contributed by atoms with E-state index in [-0.39, 0.29) is 11.9 Å². The Balaban J connectivity index is 1.43. The Bertz CT molecular complexity index is 1200. The highest BCUT2D eigenvalue weighted by Crippen LogP contribution is 2.31. The number of hydrogen-bond acceptors (Lipinski definition) is 2. The van der Waals surface area contributed by atoms with Crippen LogP contribution in [0.15, 0.2) is 54.9 Å². The largest absolute Gasteiger partial charge is 0.361 e. The summed E-state index contributed by atoms with van der Waals surface area (Å²) < 4.78 is 2.04. The minimum atomic E-state index is -0.0431. The van der Waals surface area contributed by atoms with Gasteiger partial charge in [-0.15, -0.1) is 0 Å². The summed E-state index contributed by atoms with van der Waals surface area (Å²) in [5.74, 6) is -0.0431. The zero-order valence-corrected chi connectivity index (χ0v) is 16.7. The molecule has 0 saturated heterocycles. The molecule has 29 heavy (non-hydrogen) atoms. The molecule has 1 amide bonds. The van der Waals surface area contributed by atoms with Crippen molar-refractivity contribution in [1.29, 1.82) is 0 Å². The molecule has 1 atom stereocenters. The number of carbonyl (C=O) groups excluding carboxylic acids is 1. The first-order valence-corrected chi connectivity index (χ1v) is 10.1. The number of aryl methyl sites for hydroxylation is 2. The smallest absolute Gasteiger partial charge is 0.251 e. The van der Waals surface area contributed by atoms with E-state index in [1.807, 2.05) is 41.3 Å². The van der Waals surface area contributed by atoms with Crippen LogP contribution in [0.3, 0.4) is 0 Å². The van der Waals surface area contributed by atoms with Gasteiger partial charge in [0.1, 0.15) is 0 Å². The zero-order chi connectivity index (χ0) is 20.0. The van der Waals surface area contributed by atoms with Gasteiger partial charge in [0.2, 0.25) is 0 Å². The lowest BCUT2D eigenvalue weighted by atomic mass is 9.92. The third kappa shape index (κ3) is 3.23. The maximum atomic E-state index is 12.9. The van der Waals surface area contributed by atoms with Crippen molar-refractivity contribution in [2.24, 2.45) is 0 Å². The zero-order valence-electron chi connectivity index (χ0n) is 16.7. The highest BCUT2D eigenvalue weighted by atomic mass is 16.1. The summed E-state index contributed by atoms with van der Waals surface area (Å²) in [6, 6.07) is 14.3. The molecule has 0 fully saturated rings. The first-order chi connectivity index (χ1) is 14.1. The van der Waals surface area contributed by atoms with Crippen molar-refractivity contribution in [2.75, 3.05) is 0 Å². The van der Waals surface area contributed by atoms with E-state index < -0.39 is 0 Å². The minimum Gasteiger partial charge on any atom is -0.361 e. The second-order valence-electron chi connectivity index (χ2n) is 8.00. The molecule has 0 bridgehead atoms. The van der Waals surface area contributed by atoms with Crippen molar-refractivity contribution in [3.8, 4) is 5.69 Å². The number of fused-ring (bicyclic) bond motifs is 2. The van der Waals surface area contributed by atoms with Gasteiger partial charge in [-0.3, -0.25) is 4.79 Å². The molecule has 2 aromatic heterocycles. The second-order valence-corrected chi connectivity index (χ2v) is 8.00. The van der Waals surface area contributed by atoms with Crippen molar-refractivity contribution in [3.05, 3.63) is 82.8 Å². The molecule has 0 spiro atoms. The summed E-state index contributed by atoms with van der Waals surface area (Å²) in [7, 11) is 0. The van der Waals surface area contributed by atoms with Gasteiger partial charge in [-0.05, 0) is 80.0 Å². The number of aromatic nitrogens is 3. The Kier molecular flexibility index (Phi) is 4.23. The van der Waals surface area contributed by atoms with Gasteiger partial charge in [-0.2, -0.15) is 5.10 Å². The van der Waals surface area contributed by atoms with Gasteiger partial charge in [0.15, 0.2) is 0 Å². The van der Waals surface area contributed by atoms with E-state index in [0.717, 1.165) is 41.4 Å². The van der Waals surface area contributed by atoms with Gasteiger partial charge >= 0.3 is 0 Å². The fourth-order valence-corrected chi connectivity index (χ4v) is 4.43. The lowest BCUT2D eigenvalue weighted by Gasteiger charge is -2.24. The van der Waals surface area contributed by atoms with Gasteiger partial charge in [0, 0.05) is 28.5 Å². The maximum absolute atomic E-state index is 12.9. The number of H-pyrrole nitrogens is 1. The first kappa shape index (κ1) is 17.7. The molecule has 2 N–H and O–H groups in total. The van der Waals surface area contributed by atoms with Crippen LogP contribution in [-0.4, -0.2) is 20.7 Å². The van der Waals surface area contributed by atoms with Crippen LogP contribution >= 0.6 is 0 Å². The Morgan fingerprint density at radius 3 is 2.79 bits per heavy atom. The van der Waals surface area contributed by atoms with Crippen LogP contribution < -0.4 is 5.32 Å². The highest BCUT2D eigenvalue weighted by molar-refractivity contribution is 5.98. The molecule has 146 valence electrons. The van der Waals surface area contributed by atoms with Crippen molar-refractivity contribution in [1.82, 2.24) is 20.1 Å². The molecule has 5 nitrogen and oxygen atoms in total. The van der Waals surface area contributed by atoms with E-state index in [0.29, 0.717) is 5.56 Å².